The van der Waals surface area contributed by atoms with Gasteiger partial charge >= 0.3 is 0 Å². The highest BCUT2D eigenvalue weighted by Gasteiger charge is 2.39. The summed E-state index contributed by atoms with van der Waals surface area (Å²) < 4.78 is 5.98. The molecule has 0 radical (unpaired) electrons. The highest BCUT2D eigenvalue weighted by atomic mass is 16.5. The van der Waals surface area contributed by atoms with Gasteiger partial charge in [0.05, 0.1) is 18.2 Å². The number of hydrogen-bond acceptors (Lipinski definition) is 4. The zero-order valence-corrected chi connectivity index (χ0v) is 17.2. The van der Waals surface area contributed by atoms with Gasteiger partial charge in [-0.2, -0.15) is 5.26 Å². The smallest absolute Gasteiger partial charge is 0.222 e. The van der Waals surface area contributed by atoms with Crippen LogP contribution in [0.5, 0.6) is 5.75 Å². The van der Waals surface area contributed by atoms with Gasteiger partial charge in [0.1, 0.15) is 5.75 Å². The largest absolute Gasteiger partial charge is 0.493 e. The third kappa shape index (κ3) is 3.75. The van der Waals surface area contributed by atoms with Crippen LogP contribution in [0.15, 0.2) is 18.2 Å². The van der Waals surface area contributed by atoms with Crippen molar-refractivity contribution in [2.45, 2.75) is 56.9 Å². The lowest BCUT2D eigenvalue weighted by Crippen LogP contribution is -2.39. The van der Waals surface area contributed by atoms with E-state index in [1.165, 1.54) is 37.7 Å². The van der Waals surface area contributed by atoms with E-state index in [2.05, 4.69) is 15.9 Å². The fraction of sp³-hybridized carbons (Fsp3) is 0.667. The maximum absolute atomic E-state index is 12.0. The van der Waals surface area contributed by atoms with E-state index in [1.54, 1.807) is 0 Å². The topological polar surface area (TPSA) is 56.6 Å². The average Bonchev–Trinajstić information content (AvgIpc) is 3.38. The zero-order valence-electron chi connectivity index (χ0n) is 17.2. The molecular formula is C24H31N3O2. The van der Waals surface area contributed by atoms with Crippen LogP contribution in [0.25, 0.3) is 0 Å². The normalized spacial score (nSPS) is 31.8. The van der Waals surface area contributed by atoms with Gasteiger partial charge in [0, 0.05) is 49.5 Å². The van der Waals surface area contributed by atoms with Crippen molar-refractivity contribution in [3.8, 4) is 11.8 Å². The Labute approximate surface area is 173 Å². The molecule has 1 aromatic carbocycles. The number of amides is 1. The maximum Gasteiger partial charge on any atom is 0.222 e. The van der Waals surface area contributed by atoms with E-state index >= 15 is 0 Å². The third-order valence-corrected chi connectivity index (χ3v) is 7.73. The lowest BCUT2D eigenvalue weighted by molar-refractivity contribution is -0.130. The van der Waals surface area contributed by atoms with Crippen LogP contribution in [0.3, 0.4) is 0 Å². The quantitative estimate of drug-likeness (QED) is 0.785. The number of carbonyl (C=O) groups excluding carboxylic acids is 1. The zero-order chi connectivity index (χ0) is 19.8. The molecule has 2 atom stereocenters. The summed E-state index contributed by atoms with van der Waals surface area (Å²) in [6, 6.07) is 8.65. The summed E-state index contributed by atoms with van der Waals surface area (Å²) in [7, 11) is 0. The first-order valence-corrected chi connectivity index (χ1v) is 11.4. The van der Waals surface area contributed by atoms with Crippen LogP contribution in [-0.4, -0.2) is 54.5 Å². The first-order valence-electron chi connectivity index (χ1n) is 11.4. The molecule has 29 heavy (non-hydrogen) atoms. The van der Waals surface area contributed by atoms with E-state index in [1.807, 2.05) is 18.2 Å². The van der Waals surface area contributed by atoms with E-state index in [4.69, 9.17) is 4.74 Å². The molecule has 1 amide bonds. The van der Waals surface area contributed by atoms with E-state index < -0.39 is 0 Å². The summed E-state index contributed by atoms with van der Waals surface area (Å²) in [6.07, 6.45) is 8.02. The number of nitrogens with zero attached hydrogens (tertiary/aromatic N) is 3. The predicted octanol–water partition coefficient (Wildman–Crippen LogP) is 3.54. The van der Waals surface area contributed by atoms with Crippen LogP contribution in [0.2, 0.25) is 0 Å². The van der Waals surface area contributed by atoms with Crippen LogP contribution in [0.4, 0.5) is 0 Å². The first-order chi connectivity index (χ1) is 14.2. The molecular weight excluding hydrogens is 362 g/mol. The average molecular weight is 394 g/mol. The van der Waals surface area contributed by atoms with Crippen LogP contribution < -0.4 is 4.74 Å². The SMILES string of the molecule is N#Cc1ccc2c(c1)[C@@H]1CN(CC[C@H]3CC[C@H](N4CCCC4=O)CC3)C[C@H]1CO2. The minimum Gasteiger partial charge on any atom is -0.493 e. The second-order valence-electron chi connectivity index (χ2n) is 9.46. The Hall–Kier alpha value is -2.06. The molecule has 5 heteroatoms. The van der Waals surface area contributed by atoms with Gasteiger partial charge in [-0.15, -0.1) is 0 Å². The van der Waals surface area contributed by atoms with Crippen LogP contribution in [0, 0.1) is 23.2 Å². The molecule has 2 saturated heterocycles. The lowest BCUT2D eigenvalue weighted by atomic mass is 9.83. The molecule has 0 aromatic heterocycles. The van der Waals surface area contributed by atoms with Crippen LogP contribution in [-0.2, 0) is 4.79 Å². The van der Waals surface area contributed by atoms with Gasteiger partial charge in [0.25, 0.3) is 0 Å². The number of ether oxygens (including phenoxy) is 1. The predicted molar refractivity (Wildman–Crippen MR) is 111 cm³/mol. The summed E-state index contributed by atoms with van der Waals surface area (Å²) in [5, 5.41) is 9.24. The number of nitriles is 1. The number of likely N-dealkylation sites (tertiary alicyclic amines) is 2. The molecule has 5 rings (SSSR count). The van der Waals surface area contributed by atoms with Crippen molar-refractivity contribution in [1.82, 2.24) is 9.80 Å². The summed E-state index contributed by atoms with van der Waals surface area (Å²) in [4.78, 5) is 16.8. The van der Waals surface area contributed by atoms with E-state index in [0.717, 1.165) is 62.9 Å². The van der Waals surface area contributed by atoms with Crippen LogP contribution >= 0.6 is 0 Å². The Balaban J connectivity index is 1.13. The minimum absolute atomic E-state index is 0.384. The molecule has 1 aliphatic carbocycles. The Morgan fingerprint density at radius 2 is 2.03 bits per heavy atom. The third-order valence-electron chi connectivity index (χ3n) is 7.73. The molecule has 1 saturated carbocycles. The standard InChI is InChI=1S/C24H31N3O2/c25-13-18-5-8-23-21(12-18)22-15-26(14-19(22)16-29-23)11-9-17-3-6-20(7-4-17)27-10-1-2-24(27)28/h5,8,12,17,19-20,22H,1-4,6-7,9-11,14-16H2/t17-,19-,20-,22+/m0/s1. The molecule has 0 unspecified atom stereocenters. The van der Waals surface area contributed by atoms with E-state index in [-0.39, 0.29) is 0 Å². The Morgan fingerprint density at radius 1 is 1.17 bits per heavy atom. The van der Waals surface area contributed by atoms with Gasteiger partial charge in [-0.1, -0.05) is 0 Å². The highest BCUT2D eigenvalue weighted by Crippen LogP contribution is 2.42. The molecule has 3 fully saturated rings. The molecule has 0 bridgehead atoms. The second-order valence-corrected chi connectivity index (χ2v) is 9.46. The fourth-order valence-electron chi connectivity index (χ4n) is 6.07. The fourth-order valence-corrected chi connectivity index (χ4v) is 6.07. The molecule has 4 aliphatic rings. The molecule has 1 aromatic rings. The summed E-state index contributed by atoms with van der Waals surface area (Å²) in [5.41, 5.74) is 1.97. The van der Waals surface area contributed by atoms with Gasteiger partial charge in [0.2, 0.25) is 5.91 Å². The number of benzene rings is 1. The molecule has 3 heterocycles. The van der Waals surface area contributed by atoms with Crippen molar-refractivity contribution in [2.75, 3.05) is 32.8 Å². The Bertz CT molecular complexity index is 809. The molecule has 154 valence electrons. The van der Waals surface area contributed by atoms with Gasteiger partial charge in [-0.25, -0.2) is 0 Å². The summed E-state index contributed by atoms with van der Waals surface area (Å²) in [5.74, 6) is 3.22. The van der Waals surface area contributed by atoms with Crippen molar-refractivity contribution in [3.63, 3.8) is 0 Å². The summed E-state index contributed by atoms with van der Waals surface area (Å²) >= 11 is 0. The Kier molecular flexibility index (Phi) is 5.22. The second kappa shape index (κ2) is 7.99. The van der Waals surface area contributed by atoms with Gasteiger partial charge < -0.3 is 14.5 Å². The highest BCUT2D eigenvalue weighted by molar-refractivity contribution is 5.78. The summed E-state index contributed by atoms with van der Waals surface area (Å²) in [6.45, 7) is 5.15. The van der Waals surface area contributed by atoms with Gasteiger partial charge in [-0.3, -0.25) is 4.79 Å². The minimum atomic E-state index is 0.384. The van der Waals surface area contributed by atoms with Gasteiger partial charge in [-0.05, 0) is 69.2 Å². The van der Waals surface area contributed by atoms with Gasteiger partial charge in [0.15, 0.2) is 0 Å². The number of fused-ring (bicyclic) bond motifs is 3. The number of carbonyl (C=O) groups is 1. The van der Waals surface area contributed by atoms with Crippen molar-refractivity contribution >= 4 is 5.91 Å². The maximum atomic E-state index is 12.0. The first kappa shape index (κ1) is 18.9. The molecule has 5 nitrogen and oxygen atoms in total. The van der Waals surface area contributed by atoms with E-state index in [0.29, 0.717) is 23.8 Å². The number of rotatable bonds is 4. The van der Waals surface area contributed by atoms with Crippen molar-refractivity contribution < 1.29 is 9.53 Å². The lowest BCUT2D eigenvalue weighted by Gasteiger charge is -2.35. The van der Waals surface area contributed by atoms with Crippen molar-refractivity contribution in [1.29, 1.82) is 5.26 Å². The molecule has 3 aliphatic heterocycles. The van der Waals surface area contributed by atoms with E-state index in [9.17, 15) is 10.1 Å². The number of hydrogen-bond donors (Lipinski definition) is 0. The molecule has 0 N–H and O–H groups in total. The monoisotopic (exact) mass is 393 g/mol. The Morgan fingerprint density at radius 3 is 2.79 bits per heavy atom. The van der Waals surface area contributed by atoms with Crippen molar-refractivity contribution in [3.05, 3.63) is 29.3 Å². The van der Waals surface area contributed by atoms with Crippen LogP contribution in [0.1, 0.15) is 62.0 Å². The molecule has 0 spiro atoms. The van der Waals surface area contributed by atoms with Crippen molar-refractivity contribution in [2.24, 2.45) is 11.8 Å².